The molecule has 0 unspecified atom stereocenters. The van der Waals surface area contributed by atoms with Crippen LogP contribution in [0.3, 0.4) is 0 Å². The zero-order chi connectivity index (χ0) is 18.4. The highest BCUT2D eigenvalue weighted by Gasteiger charge is 1.98. The summed E-state index contributed by atoms with van der Waals surface area (Å²) in [4.78, 5) is 15.0. The van der Waals surface area contributed by atoms with Crippen LogP contribution in [0.15, 0.2) is 71.7 Å². The molecule has 0 aliphatic rings. The number of nitrogens with zero attached hydrogens (tertiary/aromatic N) is 1. The number of aliphatic imine (C=N–C) groups is 1. The first kappa shape index (κ1) is 17.4. The Morgan fingerprint density at radius 1 is 0.769 bits per heavy atom. The Morgan fingerprint density at radius 2 is 1.31 bits per heavy atom. The van der Waals surface area contributed by atoms with Gasteiger partial charge < -0.3 is 5.11 Å². The van der Waals surface area contributed by atoms with Crippen LogP contribution in [0.25, 0.3) is 12.2 Å². The van der Waals surface area contributed by atoms with E-state index in [4.69, 9.17) is 0 Å². The molecule has 26 heavy (non-hydrogen) atoms. The normalized spacial score (nSPS) is 11.3. The van der Waals surface area contributed by atoms with Crippen molar-refractivity contribution in [2.24, 2.45) is 4.99 Å². The van der Waals surface area contributed by atoms with Gasteiger partial charge in [0.1, 0.15) is 17.7 Å². The van der Waals surface area contributed by atoms with Gasteiger partial charge in [-0.05, 0) is 41.3 Å². The van der Waals surface area contributed by atoms with Crippen LogP contribution in [-0.4, -0.2) is 17.6 Å². The largest absolute Gasteiger partial charge is 0.506 e. The Labute approximate surface area is 153 Å². The quantitative estimate of drug-likeness (QED) is 0.382. The van der Waals surface area contributed by atoms with Crippen LogP contribution in [0.4, 0.5) is 5.69 Å². The molecule has 0 aliphatic carbocycles. The van der Waals surface area contributed by atoms with Crippen LogP contribution in [-0.2, 0) is 0 Å². The van der Waals surface area contributed by atoms with Crippen LogP contribution in [0, 0.1) is 6.92 Å². The maximum absolute atomic E-state index is 10.7. The standard InChI is InChI=1S/C23H19NO2/c1-17-2-13-23(26)22(14-17)24-15-20-9-5-18(6-10-20)3-4-19-7-11-21(16-25)12-8-19/h2-16,26H,1H3/b4-3+,24-15?. The number of phenolic OH excluding ortho intramolecular Hbond substituents is 1. The molecule has 0 atom stereocenters. The monoisotopic (exact) mass is 341 g/mol. The van der Waals surface area contributed by atoms with E-state index in [2.05, 4.69) is 4.99 Å². The fourth-order valence-corrected chi connectivity index (χ4v) is 2.45. The van der Waals surface area contributed by atoms with Gasteiger partial charge in [-0.1, -0.05) is 66.7 Å². The van der Waals surface area contributed by atoms with Crippen molar-refractivity contribution < 1.29 is 9.90 Å². The number of carbonyl (C=O) groups is 1. The van der Waals surface area contributed by atoms with E-state index in [1.165, 1.54) is 0 Å². The summed E-state index contributed by atoms with van der Waals surface area (Å²) in [6.07, 6.45) is 6.59. The van der Waals surface area contributed by atoms with Crippen molar-refractivity contribution in [2.45, 2.75) is 6.92 Å². The molecule has 3 heteroatoms. The molecule has 0 saturated heterocycles. The Balaban J connectivity index is 1.69. The van der Waals surface area contributed by atoms with Gasteiger partial charge in [0.05, 0.1) is 0 Å². The Bertz CT molecular complexity index is 953. The van der Waals surface area contributed by atoms with Gasteiger partial charge in [0.2, 0.25) is 0 Å². The van der Waals surface area contributed by atoms with Gasteiger partial charge in [0, 0.05) is 11.8 Å². The molecule has 0 bridgehead atoms. The Hall–Kier alpha value is -3.46. The number of benzene rings is 3. The van der Waals surface area contributed by atoms with Crippen molar-refractivity contribution in [1.82, 2.24) is 0 Å². The number of aryl methyl sites for hydroxylation is 1. The van der Waals surface area contributed by atoms with Crippen molar-refractivity contribution in [3.05, 3.63) is 94.5 Å². The molecule has 0 spiro atoms. The predicted octanol–water partition coefficient (Wildman–Crippen LogP) is 5.43. The molecule has 3 aromatic rings. The number of aldehydes is 1. The molecule has 1 N–H and O–H groups in total. The molecule has 0 amide bonds. The van der Waals surface area contributed by atoms with E-state index in [-0.39, 0.29) is 5.75 Å². The number of hydrogen-bond acceptors (Lipinski definition) is 3. The lowest BCUT2D eigenvalue weighted by Crippen LogP contribution is -1.82. The third-order valence-corrected chi connectivity index (χ3v) is 3.96. The number of hydrogen-bond donors (Lipinski definition) is 1. The molecule has 0 fully saturated rings. The molecule has 0 heterocycles. The van der Waals surface area contributed by atoms with E-state index in [1.807, 2.05) is 67.6 Å². The molecular weight excluding hydrogens is 322 g/mol. The third-order valence-electron chi connectivity index (χ3n) is 3.96. The molecule has 3 aromatic carbocycles. The Morgan fingerprint density at radius 3 is 1.88 bits per heavy atom. The number of carbonyl (C=O) groups excluding carboxylic acids is 1. The molecule has 0 aliphatic heterocycles. The minimum atomic E-state index is 0.173. The lowest BCUT2D eigenvalue weighted by molar-refractivity contribution is 0.112. The second-order valence-electron chi connectivity index (χ2n) is 6.03. The van der Waals surface area contributed by atoms with E-state index in [1.54, 1.807) is 24.4 Å². The summed E-state index contributed by atoms with van der Waals surface area (Å²) >= 11 is 0. The maximum Gasteiger partial charge on any atom is 0.150 e. The van der Waals surface area contributed by atoms with Crippen LogP contribution < -0.4 is 0 Å². The van der Waals surface area contributed by atoms with Gasteiger partial charge in [-0.2, -0.15) is 0 Å². The molecule has 0 saturated carbocycles. The van der Waals surface area contributed by atoms with Gasteiger partial charge in [0.15, 0.2) is 0 Å². The summed E-state index contributed by atoms with van der Waals surface area (Å²) in [6.45, 7) is 1.96. The van der Waals surface area contributed by atoms with E-state index >= 15 is 0 Å². The van der Waals surface area contributed by atoms with Crippen LogP contribution >= 0.6 is 0 Å². The van der Waals surface area contributed by atoms with Gasteiger partial charge >= 0.3 is 0 Å². The van der Waals surface area contributed by atoms with E-state index in [9.17, 15) is 9.90 Å². The average molecular weight is 341 g/mol. The second-order valence-corrected chi connectivity index (χ2v) is 6.03. The molecule has 0 radical (unpaired) electrons. The summed E-state index contributed by atoms with van der Waals surface area (Å²) in [6, 6.07) is 20.7. The molecular formula is C23H19NO2. The summed E-state index contributed by atoms with van der Waals surface area (Å²) in [5, 5.41) is 9.83. The third kappa shape index (κ3) is 4.54. The minimum Gasteiger partial charge on any atom is -0.506 e. The highest BCUT2D eigenvalue weighted by molar-refractivity contribution is 5.83. The van der Waals surface area contributed by atoms with E-state index < -0.39 is 0 Å². The second kappa shape index (κ2) is 8.08. The first-order chi connectivity index (χ1) is 12.6. The number of rotatable bonds is 5. The summed E-state index contributed by atoms with van der Waals surface area (Å²) in [7, 11) is 0. The van der Waals surface area contributed by atoms with Crippen molar-refractivity contribution in [2.75, 3.05) is 0 Å². The smallest absolute Gasteiger partial charge is 0.150 e. The summed E-state index contributed by atoms with van der Waals surface area (Å²) in [5.74, 6) is 0.173. The fourth-order valence-electron chi connectivity index (χ4n) is 2.45. The van der Waals surface area contributed by atoms with Gasteiger partial charge in [0.25, 0.3) is 0 Å². The lowest BCUT2D eigenvalue weighted by Gasteiger charge is -2.00. The van der Waals surface area contributed by atoms with Crippen molar-refractivity contribution in [1.29, 1.82) is 0 Å². The molecule has 3 rings (SSSR count). The van der Waals surface area contributed by atoms with Crippen LogP contribution in [0.2, 0.25) is 0 Å². The van der Waals surface area contributed by atoms with Gasteiger partial charge in [-0.15, -0.1) is 0 Å². The van der Waals surface area contributed by atoms with Crippen molar-refractivity contribution >= 4 is 30.3 Å². The average Bonchev–Trinajstić information content (AvgIpc) is 2.68. The topological polar surface area (TPSA) is 49.7 Å². The fraction of sp³-hybridized carbons (Fsp3) is 0.0435. The SMILES string of the molecule is Cc1ccc(O)c(N=Cc2ccc(/C=C/c3ccc(C=O)cc3)cc2)c1. The highest BCUT2D eigenvalue weighted by Crippen LogP contribution is 2.26. The summed E-state index contributed by atoms with van der Waals surface area (Å²) in [5.41, 5.74) is 5.35. The van der Waals surface area contributed by atoms with Gasteiger partial charge in [-0.3, -0.25) is 9.79 Å². The van der Waals surface area contributed by atoms with E-state index in [0.717, 1.165) is 28.5 Å². The predicted molar refractivity (Wildman–Crippen MR) is 107 cm³/mol. The highest BCUT2D eigenvalue weighted by atomic mass is 16.3. The maximum atomic E-state index is 10.7. The lowest BCUT2D eigenvalue weighted by atomic mass is 10.1. The molecule has 3 nitrogen and oxygen atoms in total. The number of aromatic hydroxyl groups is 1. The first-order valence-corrected chi connectivity index (χ1v) is 8.31. The van der Waals surface area contributed by atoms with Crippen molar-refractivity contribution in [3.8, 4) is 5.75 Å². The molecule has 0 aromatic heterocycles. The summed E-state index contributed by atoms with van der Waals surface area (Å²) < 4.78 is 0. The minimum absolute atomic E-state index is 0.173. The molecule has 128 valence electrons. The van der Waals surface area contributed by atoms with Gasteiger partial charge in [-0.25, -0.2) is 0 Å². The van der Waals surface area contributed by atoms with Crippen LogP contribution in [0.1, 0.15) is 32.6 Å². The van der Waals surface area contributed by atoms with E-state index in [0.29, 0.717) is 11.3 Å². The zero-order valence-corrected chi connectivity index (χ0v) is 14.5. The van der Waals surface area contributed by atoms with Crippen molar-refractivity contribution in [3.63, 3.8) is 0 Å². The zero-order valence-electron chi connectivity index (χ0n) is 14.5. The first-order valence-electron chi connectivity index (χ1n) is 8.31. The van der Waals surface area contributed by atoms with Crippen LogP contribution in [0.5, 0.6) is 5.75 Å². The Kier molecular flexibility index (Phi) is 5.40. The number of phenols is 1.